The van der Waals surface area contributed by atoms with Crippen LogP contribution in [0.15, 0.2) is 0 Å². The lowest BCUT2D eigenvalue weighted by atomic mass is 9.62. The molecule has 16 heavy (non-hydrogen) atoms. The van der Waals surface area contributed by atoms with Gasteiger partial charge in [-0.1, -0.05) is 19.1 Å². The van der Waals surface area contributed by atoms with Crippen LogP contribution in [-0.4, -0.2) is 23.6 Å². The van der Waals surface area contributed by atoms with Crippen molar-refractivity contribution in [1.82, 2.24) is 5.32 Å². The lowest BCUT2D eigenvalue weighted by Gasteiger charge is -2.44. The summed E-state index contributed by atoms with van der Waals surface area (Å²) in [7, 11) is 0. The summed E-state index contributed by atoms with van der Waals surface area (Å²) < 4.78 is 35.8. The van der Waals surface area contributed by atoms with Gasteiger partial charge in [0.15, 0.2) is 0 Å². The summed E-state index contributed by atoms with van der Waals surface area (Å²) in [5.74, 6) is -0.450. The fraction of sp³-hybridized carbons (Fsp3) is 0.778. The monoisotopic (exact) mass is 254 g/mol. The Kier molecular flexibility index (Phi) is 3.47. The van der Waals surface area contributed by atoms with Crippen molar-refractivity contribution in [1.29, 1.82) is 0 Å². The number of amides is 1. The van der Waals surface area contributed by atoms with Gasteiger partial charge in [0.2, 0.25) is 5.91 Å². The van der Waals surface area contributed by atoms with E-state index in [-0.39, 0.29) is 10.9 Å². The van der Waals surface area contributed by atoms with Gasteiger partial charge in [-0.3, -0.25) is 4.79 Å². The average molecular weight is 254 g/mol. The van der Waals surface area contributed by atoms with Crippen LogP contribution >= 0.6 is 12.2 Å². The second-order valence-electron chi connectivity index (χ2n) is 4.26. The third-order valence-corrected chi connectivity index (χ3v) is 3.14. The predicted molar refractivity (Wildman–Crippen MR) is 56.7 cm³/mol. The minimum Gasteiger partial charge on any atom is -0.392 e. The van der Waals surface area contributed by atoms with E-state index in [2.05, 4.69) is 0 Å². The molecular weight excluding hydrogens is 241 g/mol. The molecule has 1 saturated carbocycles. The van der Waals surface area contributed by atoms with Gasteiger partial charge in [-0.15, -0.1) is 0 Å². The van der Waals surface area contributed by atoms with Crippen LogP contribution in [0.25, 0.3) is 0 Å². The van der Waals surface area contributed by atoms with Crippen molar-refractivity contribution in [3.05, 3.63) is 0 Å². The number of carbonyl (C=O) groups is 1. The molecule has 0 radical (unpaired) electrons. The van der Waals surface area contributed by atoms with Gasteiger partial charge in [0.1, 0.15) is 6.54 Å². The second-order valence-corrected chi connectivity index (χ2v) is 4.70. The summed E-state index contributed by atoms with van der Waals surface area (Å²) in [4.78, 5) is 11.6. The quantitative estimate of drug-likeness (QED) is 0.748. The van der Waals surface area contributed by atoms with E-state index in [9.17, 15) is 18.0 Å². The molecule has 1 fully saturated rings. The van der Waals surface area contributed by atoms with Crippen LogP contribution in [0.5, 0.6) is 0 Å². The fourth-order valence-corrected chi connectivity index (χ4v) is 2.24. The van der Waals surface area contributed by atoms with E-state index in [1.807, 2.05) is 12.2 Å². The molecule has 0 bridgehead atoms. The van der Waals surface area contributed by atoms with E-state index in [1.165, 1.54) is 0 Å². The predicted octanol–water partition coefficient (Wildman–Crippen LogP) is 1.37. The molecule has 1 aliphatic carbocycles. The Hall–Kier alpha value is -0.850. The van der Waals surface area contributed by atoms with Gasteiger partial charge in [-0.05, 0) is 18.8 Å². The highest BCUT2D eigenvalue weighted by atomic mass is 32.1. The lowest BCUT2D eigenvalue weighted by Crippen LogP contribution is -2.57. The maximum absolute atomic E-state index is 11.9. The summed E-state index contributed by atoms with van der Waals surface area (Å²) >= 11 is 4.75. The maximum Gasteiger partial charge on any atom is 0.405 e. The summed E-state index contributed by atoms with van der Waals surface area (Å²) in [6.07, 6.45) is -3.57. The first-order valence-electron chi connectivity index (χ1n) is 4.82. The van der Waals surface area contributed by atoms with E-state index < -0.39 is 24.0 Å². The highest BCUT2D eigenvalue weighted by molar-refractivity contribution is 7.80. The Morgan fingerprint density at radius 1 is 1.56 bits per heavy atom. The molecule has 0 aliphatic heterocycles. The van der Waals surface area contributed by atoms with E-state index in [0.717, 1.165) is 0 Å². The van der Waals surface area contributed by atoms with Crippen molar-refractivity contribution in [2.75, 3.05) is 6.54 Å². The Morgan fingerprint density at radius 2 is 2.06 bits per heavy atom. The number of nitrogens with one attached hydrogen (secondary N) is 1. The molecule has 0 aromatic carbocycles. The first-order chi connectivity index (χ1) is 7.17. The Morgan fingerprint density at radius 3 is 2.38 bits per heavy atom. The zero-order valence-corrected chi connectivity index (χ0v) is 9.54. The van der Waals surface area contributed by atoms with Crippen LogP contribution in [0.1, 0.15) is 19.8 Å². The van der Waals surface area contributed by atoms with Gasteiger partial charge in [0.05, 0.1) is 10.4 Å². The van der Waals surface area contributed by atoms with Crippen molar-refractivity contribution in [2.24, 2.45) is 17.1 Å². The minimum absolute atomic E-state index is 0.0229. The molecule has 0 heterocycles. The molecule has 3 N–H and O–H groups in total. The topological polar surface area (TPSA) is 55.1 Å². The van der Waals surface area contributed by atoms with Crippen molar-refractivity contribution in [2.45, 2.75) is 25.9 Å². The SMILES string of the molecule is CC1CC(C(=O)NCC(F)(F)F)(C(N)=S)C1. The molecule has 0 aromatic rings. The fourth-order valence-electron chi connectivity index (χ4n) is 1.98. The largest absolute Gasteiger partial charge is 0.405 e. The van der Waals surface area contributed by atoms with E-state index in [0.29, 0.717) is 12.8 Å². The van der Waals surface area contributed by atoms with Gasteiger partial charge >= 0.3 is 6.18 Å². The van der Waals surface area contributed by atoms with Crippen LogP contribution in [0.4, 0.5) is 13.2 Å². The third kappa shape index (κ3) is 2.63. The first kappa shape index (κ1) is 13.2. The minimum atomic E-state index is -4.41. The Balaban J connectivity index is 2.61. The summed E-state index contributed by atoms with van der Waals surface area (Å²) in [5.41, 5.74) is 4.36. The number of hydrogen-bond acceptors (Lipinski definition) is 2. The molecule has 0 saturated heterocycles. The van der Waals surface area contributed by atoms with Crippen LogP contribution in [0, 0.1) is 11.3 Å². The molecule has 92 valence electrons. The third-order valence-electron chi connectivity index (χ3n) is 2.75. The number of thiocarbonyl (C=S) groups is 1. The molecule has 3 nitrogen and oxygen atoms in total. The Bertz CT molecular complexity index is 310. The van der Waals surface area contributed by atoms with Crippen LogP contribution in [-0.2, 0) is 4.79 Å². The highest BCUT2D eigenvalue weighted by Crippen LogP contribution is 2.46. The van der Waals surface area contributed by atoms with E-state index >= 15 is 0 Å². The van der Waals surface area contributed by atoms with E-state index in [4.69, 9.17) is 18.0 Å². The highest BCUT2D eigenvalue weighted by Gasteiger charge is 2.51. The molecule has 1 amide bonds. The van der Waals surface area contributed by atoms with Gasteiger partial charge in [0, 0.05) is 0 Å². The van der Waals surface area contributed by atoms with Crippen molar-refractivity contribution in [3.63, 3.8) is 0 Å². The maximum atomic E-state index is 11.9. The van der Waals surface area contributed by atoms with Crippen LogP contribution in [0.3, 0.4) is 0 Å². The van der Waals surface area contributed by atoms with Gasteiger partial charge < -0.3 is 11.1 Å². The van der Waals surface area contributed by atoms with Crippen molar-refractivity contribution >= 4 is 23.1 Å². The lowest BCUT2D eigenvalue weighted by molar-refractivity contribution is -0.146. The second kappa shape index (κ2) is 4.20. The molecule has 0 atom stereocenters. The number of hydrogen-bond donors (Lipinski definition) is 2. The molecular formula is C9H13F3N2OS. The van der Waals surface area contributed by atoms with Gasteiger partial charge in [-0.2, -0.15) is 13.2 Å². The summed E-state index contributed by atoms with van der Waals surface area (Å²) in [6, 6.07) is 0. The van der Waals surface area contributed by atoms with Crippen LogP contribution in [0.2, 0.25) is 0 Å². The molecule has 7 heteroatoms. The number of nitrogens with two attached hydrogens (primary N) is 1. The normalized spacial score (nSPS) is 29.4. The molecule has 0 spiro atoms. The number of halogens is 3. The molecule has 0 unspecified atom stereocenters. The Labute approximate surface area is 96.6 Å². The van der Waals surface area contributed by atoms with Crippen molar-refractivity contribution in [3.8, 4) is 0 Å². The molecule has 1 rings (SSSR count). The summed E-state index contributed by atoms with van der Waals surface area (Å²) in [6.45, 7) is 0.554. The van der Waals surface area contributed by atoms with E-state index in [1.54, 1.807) is 0 Å². The van der Waals surface area contributed by atoms with Gasteiger partial charge in [0.25, 0.3) is 0 Å². The molecule has 0 aromatic heterocycles. The standard InChI is InChI=1S/C9H13F3N2OS/c1-5-2-8(3-5,6(13)16)7(15)14-4-9(10,11)12/h5H,2-4H2,1H3,(H2,13,16)(H,14,15). The first-order valence-corrected chi connectivity index (χ1v) is 5.23. The number of carbonyl (C=O) groups excluding carboxylic acids is 1. The molecule has 1 aliphatic rings. The zero-order valence-electron chi connectivity index (χ0n) is 8.73. The van der Waals surface area contributed by atoms with Crippen LogP contribution < -0.4 is 11.1 Å². The number of rotatable bonds is 3. The smallest absolute Gasteiger partial charge is 0.392 e. The van der Waals surface area contributed by atoms with Gasteiger partial charge in [-0.25, -0.2) is 0 Å². The number of alkyl halides is 3. The van der Waals surface area contributed by atoms with Crippen molar-refractivity contribution < 1.29 is 18.0 Å². The zero-order chi connectivity index (χ0) is 12.6. The summed E-state index contributed by atoms with van der Waals surface area (Å²) in [5, 5.41) is 1.84. The average Bonchev–Trinajstić information content (AvgIpc) is 2.06.